The van der Waals surface area contributed by atoms with E-state index in [-0.39, 0.29) is 36.8 Å². The van der Waals surface area contributed by atoms with Gasteiger partial charge in [-0.25, -0.2) is 0 Å². The topological polar surface area (TPSA) is 84.2 Å². The number of hydrogen-bond donors (Lipinski definition) is 3. The first-order valence-corrected chi connectivity index (χ1v) is 5.42. The van der Waals surface area contributed by atoms with Crippen LogP contribution in [0, 0.1) is 0 Å². The molecule has 0 aliphatic carbocycles. The summed E-state index contributed by atoms with van der Waals surface area (Å²) in [5.74, 6) is -0.565. The second-order valence-corrected chi connectivity index (χ2v) is 3.99. The third kappa shape index (κ3) is 5.05. The fourth-order valence-electron chi connectivity index (χ4n) is 1.33. The maximum absolute atomic E-state index is 11.7. The SMILES string of the molecule is CC(C)NC(=O)CNC(=O)c1ccccc1N.Cl. The molecule has 0 aromatic heterocycles. The highest BCUT2D eigenvalue weighted by Crippen LogP contribution is 2.09. The zero-order valence-electron chi connectivity index (χ0n) is 10.4. The number of nitrogens with two attached hydrogens (primary N) is 1. The second-order valence-electron chi connectivity index (χ2n) is 3.99. The molecule has 0 atom stereocenters. The molecular formula is C12H18ClN3O2. The van der Waals surface area contributed by atoms with Crippen molar-refractivity contribution in [2.45, 2.75) is 19.9 Å². The highest BCUT2D eigenvalue weighted by molar-refractivity contribution is 6.00. The molecule has 0 aliphatic heterocycles. The van der Waals surface area contributed by atoms with Crippen LogP contribution < -0.4 is 16.4 Å². The smallest absolute Gasteiger partial charge is 0.253 e. The molecule has 0 bridgehead atoms. The van der Waals surface area contributed by atoms with Crippen LogP contribution in [0.15, 0.2) is 24.3 Å². The Balaban J connectivity index is 0.00000289. The van der Waals surface area contributed by atoms with Gasteiger partial charge in [-0.3, -0.25) is 9.59 Å². The summed E-state index contributed by atoms with van der Waals surface area (Å²) >= 11 is 0. The molecule has 0 fully saturated rings. The van der Waals surface area contributed by atoms with E-state index >= 15 is 0 Å². The number of anilines is 1. The van der Waals surface area contributed by atoms with Crippen LogP contribution in [0.25, 0.3) is 0 Å². The number of carbonyl (C=O) groups is 2. The van der Waals surface area contributed by atoms with Gasteiger partial charge in [0.15, 0.2) is 0 Å². The van der Waals surface area contributed by atoms with E-state index in [1.54, 1.807) is 24.3 Å². The van der Waals surface area contributed by atoms with Crippen molar-refractivity contribution in [3.63, 3.8) is 0 Å². The Bertz CT molecular complexity index is 422. The van der Waals surface area contributed by atoms with Crippen LogP contribution >= 0.6 is 12.4 Å². The summed E-state index contributed by atoms with van der Waals surface area (Å²) in [6.07, 6.45) is 0. The Morgan fingerprint density at radius 3 is 2.44 bits per heavy atom. The fourth-order valence-corrected chi connectivity index (χ4v) is 1.33. The first-order valence-electron chi connectivity index (χ1n) is 5.42. The molecule has 0 aliphatic rings. The lowest BCUT2D eigenvalue weighted by molar-refractivity contribution is -0.120. The van der Waals surface area contributed by atoms with E-state index in [1.165, 1.54) is 0 Å². The van der Waals surface area contributed by atoms with Gasteiger partial charge in [-0.15, -0.1) is 12.4 Å². The minimum absolute atomic E-state index is 0. The number of halogens is 1. The van der Waals surface area contributed by atoms with E-state index in [2.05, 4.69) is 10.6 Å². The van der Waals surface area contributed by atoms with Crippen molar-refractivity contribution in [2.75, 3.05) is 12.3 Å². The normalized spacial score (nSPS) is 9.50. The van der Waals surface area contributed by atoms with Crippen molar-refractivity contribution in [3.05, 3.63) is 29.8 Å². The molecule has 18 heavy (non-hydrogen) atoms. The van der Waals surface area contributed by atoms with E-state index < -0.39 is 0 Å². The van der Waals surface area contributed by atoms with Crippen LogP contribution in [-0.4, -0.2) is 24.4 Å². The highest BCUT2D eigenvalue weighted by atomic mass is 35.5. The van der Waals surface area contributed by atoms with Crippen molar-refractivity contribution in [3.8, 4) is 0 Å². The van der Waals surface area contributed by atoms with Crippen LogP contribution in [0.1, 0.15) is 24.2 Å². The van der Waals surface area contributed by atoms with E-state index in [1.807, 2.05) is 13.8 Å². The summed E-state index contributed by atoms with van der Waals surface area (Å²) in [6.45, 7) is 3.66. The number of hydrogen-bond acceptors (Lipinski definition) is 3. The Kier molecular flexibility index (Phi) is 6.82. The lowest BCUT2D eigenvalue weighted by Crippen LogP contribution is -2.39. The lowest BCUT2D eigenvalue weighted by atomic mass is 10.1. The Morgan fingerprint density at radius 1 is 1.28 bits per heavy atom. The Hall–Kier alpha value is -1.75. The van der Waals surface area contributed by atoms with Crippen LogP contribution in [0.2, 0.25) is 0 Å². The van der Waals surface area contributed by atoms with Crippen molar-refractivity contribution in [1.82, 2.24) is 10.6 Å². The third-order valence-corrected chi connectivity index (χ3v) is 2.06. The third-order valence-electron chi connectivity index (χ3n) is 2.06. The van der Waals surface area contributed by atoms with Crippen LogP contribution in [0.4, 0.5) is 5.69 Å². The molecule has 0 saturated carbocycles. The molecule has 0 unspecified atom stereocenters. The van der Waals surface area contributed by atoms with Gasteiger partial charge >= 0.3 is 0 Å². The van der Waals surface area contributed by atoms with Gasteiger partial charge in [-0.1, -0.05) is 12.1 Å². The first kappa shape index (κ1) is 16.2. The molecule has 0 radical (unpaired) electrons. The summed E-state index contributed by atoms with van der Waals surface area (Å²) in [4.78, 5) is 23.0. The van der Waals surface area contributed by atoms with E-state index in [0.29, 0.717) is 11.3 Å². The van der Waals surface area contributed by atoms with Crippen molar-refractivity contribution in [1.29, 1.82) is 0 Å². The summed E-state index contributed by atoms with van der Waals surface area (Å²) in [7, 11) is 0. The summed E-state index contributed by atoms with van der Waals surface area (Å²) in [5.41, 5.74) is 6.42. The largest absolute Gasteiger partial charge is 0.398 e. The first-order chi connectivity index (χ1) is 8.00. The van der Waals surface area contributed by atoms with Gasteiger partial charge in [-0.2, -0.15) is 0 Å². The predicted octanol–water partition coefficient (Wildman–Crippen LogP) is 0.945. The van der Waals surface area contributed by atoms with Crippen LogP contribution in [-0.2, 0) is 4.79 Å². The van der Waals surface area contributed by atoms with Crippen molar-refractivity contribution < 1.29 is 9.59 Å². The highest BCUT2D eigenvalue weighted by Gasteiger charge is 2.10. The van der Waals surface area contributed by atoms with Gasteiger partial charge in [0, 0.05) is 11.7 Å². The average Bonchev–Trinajstić information content (AvgIpc) is 2.25. The number of carbonyl (C=O) groups excluding carboxylic acids is 2. The fraction of sp³-hybridized carbons (Fsp3) is 0.333. The molecule has 6 heteroatoms. The minimum Gasteiger partial charge on any atom is -0.398 e. The summed E-state index contributed by atoms with van der Waals surface area (Å²) in [5, 5.41) is 5.19. The molecule has 1 aromatic carbocycles. The van der Waals surface area contributed by atoms with Crippen molar-refractivity contribution >= 4 is 29.9 Å². The number of rotatable bonds is 4. The monoisotopic (exact) mass is 271 g/mol. The van der Waals surface area contributed by atoms with E-state index in [9.17, 15) is 9.59 Å². The standard InChI is InChI=1S/C12H17N3O2.ClH/c1-8(2)15-11(16)7-14-12(17)9-5-3-4-6-10(9)13;/h3-6,8H,7,13H2,1-2H3,(H,14,17)(H,15,16);1H. The molecule has 0 saturated heterocycles. The van der Waals surface area contributed by atoms with Gasteiger partial charge in [0.05, 0.1) is 12.1 Å². The molecule has 0 spiro atoms. The second kappa shape index (κ2) is 7.55. The molecular weight excluding hydrogens is 254 g/mol. The van der Waals surface area contributed by atoms with Gasteiger partial charge in [0.25, 0.3) is 5.91 Å². The summed E-state index contributed by atoms with van der Waals surface area (Å²) in [6, 6.07) is 6.78. The maximum Gasteiger partial charge on any atom is 0.253 e. The Morgan fingerprint density at radius 2 is 1.89 bits per heavy atom. The lowest BCUT2D eigenvalue weighted by Gasteiger charge is -2.10. The number of benzene rings is 1. The van der Waals surface area contributed by atoms with Gasteiger partial charge in [-0.05, 0) is 26.0 Å². The zero-order chi connectivity index (χ0) is 12.8. The molecule has 4 N–H and O–H groups in total. The van der Waals surface area contributed by atoms with Crippen molar-refractivity contribution in [2.24, 2.45) is 0 Å². The van der Waals surface area contributed by atoms with Gasteiger partial charge in [0.2, 0.25) is 5.91 Å². The molecule has 5 nitrogen and oxygen atoms in total. The molecule has 0 heterocycles. The quantitative estimate of drug-likeness (QED) is 0.713. The number of para-hydroxylation sites is 1. The van der Waals surface area contributed by atoms with E-state index in [4.69, 9.17) is 5.73 Å². The molecule has 1 aromatic rings. The zero-order valence-corrected chi connectivity index (χ0v) is 11.2. The number of nitrogen functional groups attached to an aromatic ring is 1. The maximum atomic E-state index is 11.7. The van der Waals surface area contributed by atoms with Gasteiger partial charge < -0.3 is 16.4 Å². The number of nitrogens with one attached hydrogen (secondary N) is 2. The van der Waals surface area contributed by atoms with Crippen LogP contribution in [0.3, 0.4) is 0 Å². The predicted molar refractivity (Wildman–Crippen MR) is 73.7 cm³/mol. The van der Waals surface area contributed by atoms with Gasteiger partial charge in [0.1, 0.15) is 0 Å². The van der Waals surface area contributed by atoms with E-state index in [0.717, 1.165) is 0 Å². The average molecular weight is 272 g/mol. The number of amides is 2. The van der Waals surface area contributed by atoms with Crippen LogP contribution in [0.5, 0.6) is 0 Å². The molecule has 100 valence electrons. The molecule has 1 rings (SSSR count). The minimum atomic E-state index is -0.345. The summed E-state index contributed by atoms with van der Waals surface area (Å²) < 4.78 is 0. The Labute approximate surface area is 113 Å². The molecule has 2 amide bonds.